The van der Waals surface area contributed by atoms with Crippen LogP contribution >= 0.6 is 11.6 Å². The van der Waals surface area contributed by atoms with Gasteiger partial charge in [-0.3, -0.25) is 0 Å². The molecule has 19 heavy (non-hydrogen) atoms. The summed E-state index contributed by atoms with van der Waals surface area (Å²) < 4.78 is 5.48. The van der Waals surface area contributed by atoms with Crippen LogP contribution in [0.3, 0.4) is 0 Å². The van der Waals surface area contributed by atoms with E-state index in [1.165, 1.54) is 0 Å². The average molecular weight is 282 g/mol. The molecule has 5 heteroatoms. The van der Waals surface area contributed by atoms with Gasteiger partial charge in [0.05, 0.1) is 11.1 Å². The molecule has 2 heterocycles. The van der Waals surface area contributed by atoms with Crippen LogP contribution < -0.4 is 5.32 Å². The predicted octanol–water partition coefficient (Wildman–Crippen LogP) is 3.12. The Morgan fingerprint density at radius 1 is 1.47 bits per heavy atom. The van der Waals surface area contributed by atoms with E-state index in [-0.39, 0.29) is 0 Å². The third-order valence-corrected chi connectivity index (χ3v) is 3.13. The van der Waals surface area contributed by atoms with Crippen LogP contribution in [0.25, 0.3) is 11.0 Å². The molecule has 0 unspecified atom stereocenters. The van der Waals surface area contributed by atoms with E-state index in [1.807, 2.05) is 6.07 Å². The van der Waals surface area contributed by atoms with Crippen molar-refractivity contribution in [2.45, 2.75) is 32.9 Å². The lowest BCUT2D eigenvalue weighted by molar-refractivity contribution is 0.0770. The molecule has 0 aliphatic carbocycles. The summed E-state index contributed by atoms with van der Waals surface area (Å²) in [4.78, 5) is 7.51. The van der Waals surface area contributed by atoms with Crippen LogP contribution in [0.4, 0.5) is 0 Å². The number of H-pyrrole nitrogens is 1. The summed E-state index contributed by atoms with van der Waals surface area (Å²) in [6, 6.07) is 3.85. The van der Waals surface area contributed by atoms with Crippen molar-refractivity contribution < 1.29 is 4.74 Å². The third kappa shape index (κ3) is 4.20. The molecule has 0 atom stereocenters. The molecule has 0 spiro atoms. The number of fused-ring (bicyclic) bond motifs is 1. The number of hydrogen-bond acceptors (Lipinski definition) is 3. The number of nitrogens with one attached hydrogen (secondary N) is 2. The first kappa shape index (κ1) is 14.3. The number of ether oxygens (including phenoxy) is 1. The monoisotopic (exact) mass is 281 g/mol. The summed E-state index contributed by atoms with van der Waals surface area (Å²) in [6.07, 6.45) is 3.03. The second-order valence-corrected chi connectivity index (χ2v) is 5.21. The van der Waals surface area contributed by atoms with Crippen molar-refractivity contribution in [3.05, 3.63) is 29.0 Å². The zero-order valence-corrected chi connectivity index (χ0v) is 12.1. The lowest BCUT2D eigenvalue weighted by Gasteiger charge is -2.07. The van der Waals surface area contributed by atoms with Crippen molar-refractivity contribution >= 4 is 22.6 Å². The molecular formula is C14H20ClN3O. The minimum Gasteiger partial charge on any atom is -0.379 e. The molecule has 0 radical (unpaired) electrons. The normalized spacial score (nSPS) is 11.6. The Balaban J connectivity index is 1.77. The fourth-order valence-corrected chi connectivity index (χ4v) is 2.08. The minimum atomic E-state index is 0.307. The fraction of sp³-hybridized carbons (Fsp3) is 0.500. The maximum absolute atomic E-state index is 6.11. The maximum atomic E-state index is 6.11. The van der Waals surface area contributed by atoms with Gasteiger partial charge in [0.1, 0.15) is 5.65 Å². The Labute approximate surface area is 118 Å². The van der Waals surface area contributed by atoms with E-state index in [9.17, 15) is 0 Å². The predicted molar refractivity (Wildman–Crippen MR) is 78.5 cm³/mol. The Hall–Kier alpha value is -1.10. The highest BCUT2D eigenvalue weighted by molar-refractivity contribution is 6.35. The van der Waals surface area contributed by atoms with Gasteiger partial charge in [-0.1, -0.05) is 11.6 Å². The number of hydrogen-bond donors (Lipinski definition) is 2. The van der Waals surface area contributed by atoms with Crippen LogP contribution in [0.1, 0.15) is 26.0 Å². The molecule has 0 amide bonds. The van der Waals surface area contributed by atoms with Crippen LogP contribution in [-0.4, -0.2) is 29.2 Å². The average Bonchev–Trinajstić information content (AvgIpc) is 2.78. The van der Waals surface area contributed by atoms with Gasteiger partial charge in [0, 0.05) is 30.4 Å². The van der Waals surface area contributed by atoms with Crippen LogP contribution in [0.5, 0.6) is 0 Å². The molecule has 0 aliphatic heterocycles. The van der Waals surface area contributed by atoms with Crippen molar-refractivity contribution in [1.29, 1.82) is 0 Å². The molecule has 2 N–H and O–H groups in total. The topological polar surface area (TPSA) is 49.9 Å². The number of pyridine rings is 1. The number of aromatic nitrogens is 2. The van der Waals surface area contributed by atoms with E-state index >= 15 is 0 Å². The van der Waals surface area contributed by atoms with E-state index in [0.717, 1.165) is 47.9 Å². The first-order valence-electron chi connectivity index (χ1n) is 6.61. The first-order valence-corrected chi connectivity index (χ1v) is 6.99. The standard InChI is InChI=1S/C14H20ClN3O/c1-10(2)19-7-3-5-16-9-11-8-12-13(15)4-6-17-14(12)18-11/h4,6,8,10,16H,3,5,7,9H2,1-2H3,(H,17,18). The van der Waals surface area contributed by atoms with E-state index in [1.54, 1.807) is 12.3 Å². The maximum Gasteiger partial charge on any atom is 0.138 e. The minimum absolute atomic E-state index is 0.307. The second-order valence-electron chi connectivity index (χ2n) is 4.80. The molecule has 0 bridgehead atoms. The molecule has 104 valence electrons. The Kier molecular flexibility index (Phi) is 5.19. The summed E-state index contributed by atoms with van der Waals surface area (Å²) >= 11 is 6.11. The lowest BCUT2D eigenvalue weighted by atomic mass is 10.3. The number of aromatic amines is 1. The smallest absolute Gasteiger partial charge is 0.138 e. The van der Waals surface area contributed by atoms with Gasteiger partial charge in [-0.25, -0.2) is 4.98 Å². The van der Waals surface area contributed by atoms with Crippen LogP contribution in [0.15, 0.2) is 18.3 Å². The quantitative estimate of drug-likeness (QED) is 0.767. The summed E-state index contributed by atoms with van der Waals surface area (Å²) in [5.74, 6) is 0. The molecule has 0 saturated heterocycles. The lowest BCUT2D eigenvalue weighted by Crippen LogP contribution is -2.17. The molecule has 0 fully saturated rings. The highest BCUT2D eigenvalue weighted by atomic mass is 35.5. The fourth-order valence-electron chi connectivity index (χ4n) is 1.88. The molecule has 0 aromatic carbocycles. The molecule has 2 rings (SSSR count). The number of halogens is 1. The Morgan fingerprint density at radius 3 is 3.05 bits per heavy atom. The van der Waals surface area contributed by atoms with Crippen LogP contribution in [-0.2, 0) is 11.3 Å². The zero-order valence-electron chi connectivity index (χ0n) is 11.4. The van der Waals surface area contributed by atoms with Gasteiger partial charge in [0.25, 0.3) is 0 Å². The number of nitrogens with zero attached hydrogens (tertiary/aromatic N) is 1. The molecule has 4 nitrogen and oxygen atoms in total. The van der Waals surface area contributed by atoms with Gasteiger partial charge in [0.15, 0.2) is 0 Å². The van der Waals surface area contributed by atoms with Gasteiger partial charge in [-0.2, -0.15) is 0 Å². The van der Waals surface area contributed by atoms with Crippen molar-refractivity contribution in [3.63, 3.8) is 0 Å². The number of rotatable bonds is 7. The van der Waals surface area contributed by atoms with E-state index < -0.39 is 0 Å². The molecule has 0 saturated carbocycles. The highest BCUT2D eigenvalue weighted by Gasteiger charge is 2.04. The van der Waals surface area contributed by atoms with Gasteiger partial charge < -0.3 is 15.0 Å². The summed E-state index contributed by atoms with van der Waals surface area (Å²) in [5, 5.41) is 5.08. The van der Waals surface area contributed by atoms with Crippen LogP contribution in [0, 0.1) is 0 Å². The second kappa shape index (κ2) is 6.89. The van der Waals surface area contributed by atoms with E-state index in [4.69, 9.17) is 16.3 Å². The highest BCUT2D eigenvalue weighted by Crippen LogP contribution is 2.21. The van der Waals surface area contributed by atoms with Crippen LogP contribution in [0.2, 0.25) is 5.02 Å². The largest absolute Gasteiger partial charge is 0.379 e. The molecular weight excluding hydrogens is 262 g/mol. The summed E-state index contributed by atoms with van der Waals surface area (Å²) in [5.41, 5.74) is 1.94. The molecule has 0 aliphatic rings. The summed E-state index contributed by atoms with van der Waals surface area (Å²) in [6.45, 7) is 6.62. The van der Waals surface area contributed by atoms with E-state index in [2.05, 4.69) is 29.1 Å². The van der Waals surface area contributed by atoms with Crippen molar-refractivity contribution in [3.8, 4) is 0 Å². The summed E-state index contributed by atoms with van der Waals surface area (Å²) in [7, 11) is 0. The molecule has 2 aromatic heterocycles. The SMILES string of the molecule is CC(C)OCCCNCc1cc2c(Cl)ccnc2[nH]1. The van der Waals surface area contributed by atoms with E-state index in [0.29, 0.717) is 6.10 Å². The third-order valence-electron chi connectivity index (χ3n) is 2.80. The van der Waals surface area contributed by atoms with Crippen molar-refractivity contribution in [2.75, 3.05) is 13.2 Å². The Bertz CT molecular complexity index is 524. The van der Waals surface area contributed by atoms with Crippen molar-refractivity contribution in [2.24, 2.45) is 0 Å². The Morgan fingerprint density at radius 2 is 2.32 bits per heavy atom. The first-order chi connectivity index (χ1) is 9.16. The van der Waals surface area contributed by atoms with Gasteiger partial charge in [-0.05, 0) is 38.9 Å². The van der Waals surface area contributed by atoms with Crippen molar-refractivity contribution in [1.82, 2.24) is 15.3 Å². The van der Waals surface area contributed by atoms with Gasteiger partial charge in [0.2, 0.25) is 0 Å². The zero-order chi connectivity index (χ0) is 13.7. The van der Waals surface area contributed by atoms with Gasteiger partial charge >= 0.3 is 0 Å². The van der Waals surface area contributed by atoms with Gasteiger partial charge in [-0.15, -0.1) is 0 Å². The molecule has 2 aromatic rings.